The fourth-order valence-electron chi connectivity index (χ4n) is 8.29. The Kier molecular flexibility index (Phi) is 21.2. The van der Waals surface area contributed by atoms with Crippen LogP contribution in [0.4, 0.5) is 0 Å². The van der Waals surface area contributed by atoms with Gasteiger partial charge in [-0.3, -0.25) is 0 Å². The lowest BCUT2D eigenvalue weighted by atomic mass is 10.00. The lowest BCUT2D eigenvalue weighted by Gasteiger charge is -2.44. The molecule has 6 nitrogen and oxygen atoms in total. The summed E-state index contributed by atoms with van der Waals surface area (Å²) in [5.74, 6) is 7.47. The number of hydrogen-bond acceptors (Lipinski definition) is 6. The fourth-order valence-corrected chi connectivity index (χ4v) is 18.8. The van der Waals surface area contributed by atoms with Crippen molar-refractivity contribution in [3.63, 3.8) is 0 Å². The Morgan fingerprint density at radius 3 is 1.69 bits per heavy atom. The Morgan fingerprint density at radius 1 is 0.690 bits per heavy atom. The Hall–Kier alpha value is -2.53. The summed E-state index contributed by atoms with van der Waals surface area (Å²) in [5.41, 5.74) is 1.12. The van der Waals surface area contributed by atoms with Crippen LogP contribution >= 0.6 is 0 Å². The van der Waals surface area contributed by atoms with Gasteiger partial charge in [0.05, 0.1) is 32.5 Å². The summed E-state index contributed by atoms with van der Waals surface area (Å²) >= 11 is 0. The van der Waals surface area contributed by atoms with Crippen LogP contribution in [0.1, 0.15) is 100 Å². The quantitative estimate of drug-likeness (QED) is 0.0493. The maximum Gasteiger partial charge on any atom is 0.261 e. The molecule has 1 N–H and O–H groups in total. The van der Waals surface area contributed by atoms with Crippen molar-refractivity contribution in [1.29, 1.82) is 0 Å². The third-order valence-corrected chi connectivity index (χ3v) is 27.0. The molecule has 0 bridgehead atoms. The first-order chi connectivity index (χ1) is 27.8. The summed E-state index contributed by atoms with van der Waals surface area (Å²) in [5, 5.41) is 13.9. The third-order valence-electron chi connectivity index (χ3n) is 12.6. The first-order valence-electron chi connectivity index (χ1n) is 22.3. The number of aliphatic hydroxyl groups excluding tert-OH is 1. The maximum absolute atomic E-state index is 11.5. The normalized spacial score (nSPS) is 14.6. The van der Waals surface area contributed by atoms with Gasteiger partial charge in [-0.1, -0.05) is 148 Å². The van der Waals surface area contributed by atoms with Crippen molar-refractivity contribution in [2.45, 2.75) is 161 Å². The summed E-state index contributed by atoms with van der Waals surface area (Å²) in [4.78, 5) is 0. The smallest absolute Gasteiger partial charge is 0.261 e. The minimum absolute atomic E-state index is 0.0286. The fraction of sp³-hybridized carbons (Fsp3) is 0.592. The zero-order valence-corrected chi connectivity index (χ0v) is 41.1. The Morgan fingerprint density at radius 2 is 1.21 bits per heavy atom. The van der Waals surface area contributed by atoms with E-state index in [4.69, 9.17) is 22.8 Å². The van der Waals surface area contributed by atoms with Crippen LogP contribution in [0.3, 0.4) is 0 Å². The standard InChI is InChI=1S/C49H78O6Si3/c1-12-56(13-2,14-3)54-45(40-52-39-42-33-35-44(51-11)36-34-42)28-22-18-21-27-43(50)37-48(55-57(15-4,16-5)17-6)41(7)38-53-58(49(8,9)10,46-29-23-19-24-30-46)47-31-25-20-26-32-47/h19-20,23-26,29-36,41,43,45,48,50H,12-18,22,28,37-40H2,1-11H3/t41-,43?,45+,48+/m1/s1. The average molecular weight is 847 g/mol. The number of hydrogen-bond donors (Lipinski definition) is 1. The van der Waals surface area contributed by atoms with E-state index in [1.807, 2.05) is 24.3 Å². The topological polar surface area (TPSA) is 66.4 Å². The van der Waals surface area contributed by atoms with Gasteiger partial charge in [0.2, 0.25) is 0 Å². The molecule has 0 saturated carbocycles. The molecule has 0 aromatic heterocycles. The van der Waals surface area contributed by atoms with Crippen molar-refractivity contribution in [3.05, 3.63) is 90.5 Å². The van der Waals surface area contributed by atoms with Crippen molar-refractivity contribution >= 4 is 35.3 Å². The second-order valence-electron chi connectivity index (χ2n) is 17.2. The van der Waals surface area contributed by atoms with Crippen molar-refractivity contribution in [2.75, 3.05) is 20.3 Å². The van der Waals surface area contributed by atoms with Gasteiger partial charge in [-0.25, -0.2) is 0 Å². The van der Waals surface area contributed by atoms with E-state index in [9.17, 15) is 5.11 Å². The van der Waals surface area contributed by atoms with E-state index in [0.717, 1.165) is 60.4 Å². The molecule has 3 aromatic carbocycles. The third kappa shape index (κ3) is 14.0. The molecule has 0 radical (unpaired) electrons. The summed E-state index contributed by atoms with van der Waals surface area (Å²) in [6, 6.07) is 36.1. The van der Waals surface area contributed by atoms with Crippen molar-refractivity contribution < 1.29 is 27.9 Å². The minimum Gasteiger partial charge on any atom is -0.497 e. The molecule has 3 rings (SSSR count). The van der Waals surface area contributed by atoms with Crippen LogP contribution in [0.2, 0.25) is 41.3 Å². The predicted octanol–water partition coefficient (Wildman–Crippen LogP) is 11.1. The molecular weight excluding hydrogens is 769 g/mol. The summed E-state index contributed by atoms with van der Waals surface area (Å²) in [6.45, 7) is 24.5. The first kappa shape index (κ1) is 49.8. The SMILES string of the molecule is CC[Si](CC)(CC)O[C@@H](CCCC#CC(O)C[C@H](O[Si](CC)(CC)CC)[C@H](C)CO[Si](c1ccccc1)(c1ccccc1)C(C)(C)C)COCc1ccc(OC)cc1. The second kappa shape index (κ2) is 24.7. The molecule has 0 aliphatic rings. The van der Waals surface area contributed by atoms with E-state index in [0.29, 0.717) is 32.7 Å². The maximum atomic E-state index is 11.5. The molecule has 9 heteroatoms. The number of unbranched alkanes of at least 4 members (excludes halogenated alkanes) is 1. The van der Waals surface area contributed by atoms with Crippen LogP contribution in [0.25, 0.3) is 0 Å². The minimum atomic E-state index is -2.73. The molecule has 3 aromatic rings. The first-order valence-corrected chi connectivity index (χ1v) is 29.2. The van der Waals surface area contributed by atoms with Gasteiger partial charge in [0.25, 0.3) is 8.32 Å². The average Bonchev–Trinajstić information content (AvgIpc) is 3.24. The molecule has 0 aliphatic heterocycles. The Balaban J connectivity index is 1.75. The molecule has 0 spiro atoms. The monoisotopic (exact) mass is 847 g/mol. The molecule has 0 amide bonds. The number of aliphatic hydroxyl groups is 1. The number of benzene rings is 3. The lowest BCUT2D eigenvalue weighted by Crippen LogP contribution is -2.67. The highest BCUT2D eigenvalue weighted by atomic mass is 28.4. The molecular formula is C49H78O6Si3. The largest absolute Gasteiger partial charge is 0.497 e. The predicted molar refractivity (Wildman–Crippen MR) is 252 cm³/mol. The van der Waals surface area contributed by atoms with Crippen LogP contribution in [-0.2, 0) is 24.6 Å². The van der Waals surface area contributed by atoms with Gasteiger partial charge in [-0.05, 0) is 82.2 Å². The van der Waals surface area contributed by atoms with Gasteiger partial charge in [0, 0.05) is 25.4 Å². The highest BCUT2D eigenvalue weighted by Crippen LogP contribution is 2.38. The van der Waals surface area contributed by atoms with E-state index in [1.165, 1.54) is 10.4 Å². The molecule has 0 heterocycles. The van der Waals surface area contributed by atoms with E-state index in [-0.39, 0.29) is 23.2 Å². The number of ether oxygens (including phenoxy) is 2. The zero-order valence-electron chi connectivity index (χ0n) is 38.1. The van der Waals surface area contributed by atoms with Gasteiger partial charge in [-0.15, -0.1) is 5.92 Å². The highest BCUT2D eigenvalue weighted by molar-refractivity contribution is 6.99. The van der Waals surface area contributed by atoms with E-state index >= 15 is 0 Å². The number of rotatable bonds is 26. The van der Waals surface area contributed by atoms with E-state index in [1.54, 1.807) is 7.11 Å². The second-order valence-corrected chi connectivity index (χ2v) is 30.9. The van der Waals surface area contributed by atoms with Crippen molar-refractivity contribution in [1.82, 2.24) is 0 Å². The van der Waals surface area contributed by atoms with E-state index < -0.39 is 31.1 Å². The molecule has 58 heavy (non-hydrogen) atoms. The Bertz CT molecular complexity index is 1560. The molecule has 0 fully saturated rings. The summed E-state index contributed by atoms with van der Waals surface area (Å²) < 4.78 is 33.1. The lowest BCUT2D eigenvalue weighted by molar-refractivity contribution is 0.0310. The van der Waals surface area contributed by atoms with Gasteiger partial charge in [0.1, 0.15) is 11.9 Å². The molecule has 1 unspecified atom stereocenters. The molecule has 322 valence electrons. The van der Waals surface area contributed by atoms with Gasteiger partial charge in [0.15, 0.2) is 16.6 Å². The van der Waals surface area contributed by atoms with Crippen molar-refractivity contribution in [2.24, 2.45) is 5.92 Å². The highest BCUT2D eigenvalue weighted by Gasteiger charge is 2.50. The zero-order chi connectivity index (χ0) is 42.7. The molecule has 0 saturated heterocycles. The van der Waals surface area contributed by atoms with E-state index in [2.05, 4.69) is 142 Å². The van der Waals surface area contributed by atoms with Gasteiger partial charge >= 0.3 is 0 Å². The van der Waals surface area contributed by atoms with Gasteiger partial charge < -0.3 is 27.9 Å². The Labute approximate surface area is 357 Å². The molecule has 0 aliphatic carbocycles. The molecule has 4 atom stereocenters. The van der Waals surface area contributed by atoms with Crippen LogP contribution < -0.4 is 15.1 Å². The summed E-state index contributed by atoms with van der Waals surface area (Å²) in [7, 11) is -4.88. The van der Waals surface area contributed by atoms with Crippen molar-refractivity contribution in [3.8, 4) is 17.6 Å². The summed E-state index contributed by atoms with van der Waals surface area (Å²) in [6.07, 6.45) is 2.02. The van der Waals surface area contributed by atoms with Gasteiger partial charge in [-0.2, -0.15) is 0 Å². The van der Waals surface area contributed by atoms with Crippen LogP contribution in [0.15, 0.2) is 84.9 Å². The van der Waals surface area contributed by atoms with Crippen LogP contribution in [0, 0.1) is 17.8 Å². The van der Waals surface area contributed by atoms with Crippen LogP contribution in [-0.4, -0.2) is 68.7 Å². The number of methoxy groups -OCH3 is 1. The van der Waals surface area contributed by atoms with Crippen LogP contribution in [0.5, 0.6) is 5.75 Å².